The standard InChI is InChI=1S/C18H22N2O5S/c1-10(2)9-24-13-5-12(6-14(7-13)25-11(3)4)16(21)20-18-19-8-15(26-18)17(22)23/h5-8,10-11H,9H2,1-4H3,(H,22,23)(H,19,20,21). The molecule has 26 heavy (non-hydrogen) atoms. The van der Waals surface area contributed by atoms with Crippen LogP contribution in [0.5, 0.6) is 11.5 Å². The maximum Gasteiger partial charge on any atom is 0.347 e. The van der Waals surface area contributed by atoms with E-state index in [0.29, 0.717) is 29.6 Å². The van der Waals surface area contributed by atoms with E-state index in [0.717, 1.165) is 11.3 Å². The van der Waals surface area contributed by atoms with E-state index >= 15 is 0 Å². The Morgan fingerprint density at radius 3 is 2.46 bits per heavy atom. The summed E-state index contributed by atoms with van der Waals surface area (Å²) in [4.78, 5) is 27.4. The van der Waals surface area contributed by atoms with Crippen LogP contribution in [0.15, 0.2) is 24.4 Å². The second kappa shape index (κ2) is 8.66. The van der Waals surface area contributed by atoms with Crippen LogP contribution >= 0.6 is 11.3 Å². The van der Waals surface area contributed by atoms with Gasteiger partial charge in [0.05, 0.1) is 18.9 Å². The molecule has 1 aromatic carbocycles. The van der Waals surface area contributed by atoms with E-state index in [1.165, 1.54) is 6.20 Å². The third-order valence-electron chi connectivity index (χ3n) is 3.03. The molecule has 140 valence electrons. The number of aromatic carboxylic acids is 1. The molecule has 0 unspecified atom stereocenters. The topological polar surface area (TPSA) is 97.8 Å². The number of amides is 1. The summed E-state index contributed by atoms with van der Waals surface area (Å²) in [5, 5.41) is 11.7. The molecule has 0 spiro atoms. The lowest BCUT2D eigenvalue weighted by Crippen LogP contribution is -2.13. The maximum atomic E-state index is 12.5. The Kier molecular flexibility index (Phi) is 6.57. The van der Waals surface area contributed by atoms with Gasteiger partial charge in [0.1, 0.15) is 16.4 Å². The molecule has 0 saturated carbocycles. The molecule has 0 fully saturated rings. The molecule has 0 aliphatic heterocycles. The van der Waals surface area contributed by atoms with E-state index in [4.69, 9.17) is 14.6 Å². The first-order valence-electron chi connectivity index (χ1n) is 8.19. The summed E-state index contributed by atoms with van der Waals surface area (Å²) in [6.45, 7) is 8.37. The Morgan fingerprint density at radius 1 is 1.19 bits per heavy atom. The van der Waals surface area contributed by atoms with Crippen LogP contribution in [0.25, 0.3) is 0 Å². The highest BCUT2D eigenvalue weighted by Gasteiger charge is 2.15. The van der Waals surface area contributed by atoms with Crippen molar-refractivity contribution >= 4 is 28.3 Å². The van der Waals surface area contributed by atoms with Gasteiger partial charge in [-0.15, -0.1) is 0 Å². The van der Waals surface area contributed by atoms with Gasteiger partial charge in [0, 0.05) is 11.6 Å². The van der Waals surface area contributed by atoms with Crippen LogP contribution in [0.3, 0.4) is 0 Å². The molecule has 2 N–H and O–H groups in total. The van der Waals surface area contributed by atoms with E-state index in [2.05, 4.69) is 10.3 Å². The zero-order valence-corrected chi connectivity index (χ0v) is 15.9. The number of hydrogen-bond donors (Lipinski definition) is 2. The molecule has 0 aliphatic carbocycles. The van der Waals surface area contributed by atoms with Crippen molar-refractivity contribution in [1.82, 2.24) is 4.98 Å². The van der Waals surface area contributed by atoms with E-state index in [1.807, 2.05) is 27.7 Å². The number of rotatable bonds is 8. The molecule has 0 bridgehead atoms. The first-order chi connectivity index (χ1) is 12.2. The van der Waals surface area contributed by atoms with E-state index in [9.17, 15) is 9.59 Å². The number of hydrogen-bond acceptors (Lipinski definition) is 6. The van der Waals surface area contributed by atoms with Gasteiger partial charge in [0.2, 0.25) is 0 Å². The second-order valence-corrected chi connectivity index (χ2v) is 7.38. The number of benzene rings is 1. The first-order valence-corrected chi connectivity index (χ1v) is 9.01. The zero-order valence-electron chi connectivity index (χ0n) is 15.1. The number of anilines is 1. The van der Waals surface area contributed by atoms with Crippen LogP contribution in [0, 0.1) is 5.92 Å². The van der Waals surface area contributed by atoms with Crippen molar-refractivity contribution < 1.29 is 24.2 Å². The average molecular weight is 378 g/mol. The highest BCUT2D eigenvalue weighted by Crippen LogP contribution is 2.26. The van der Waals surface area contributed by atoms with E-state index < -0.39 is 11.9 Å². The van der Waals surface area contributed by atoms with Gasteiger partial charge in [-0.1, -0.05) is 25.2 Å². The quantitative estimate of drug-likeness (QED) is 0.723. The van der Waals surface area contributed by atoms with Crippen LogP contribution in [0.1, 0.15) is 47.7 Å². The highest BCUT2D eigenvalue weighted by atomic mass is 32.1. The predicted molar refractivity (Wildman–Crippen MR) is 99.6 cm³/mol. The average Bonchev–Trinajstić information content (AvgIpc) is 3.01. The summed E-state index contributed by atoms with van der Waals surface area (Å²) >= 11 is 0.892. The van der Waals surface area contributed by atoms with Crippen molar-refractivity contribution in [2.24, 2.45) is 5.92 Å². The fourth-order valence-corrected chi connectivity index (χ4v) is 2.64. The van der Waals surface area contributed by atoms with Crippen LogP contribution in [0.2, 0.25) is 0 Å². The lowest BCUT2D eigenvalue weighted by molar-refractivity contribution is 0.0701. The summed E-state index contributed by atoms with van der Waals surface area (Å²) < 4.78 is 11.4. The van der Waals surface area contributed by atoms with Crippen molar-refractivity contribution in [2.45, 2.75) is 33.8 Å². The van der Waals surface area contributed by atoms with Crippen molar-refractivity contribution in [3.05, 3.63) is 34.8 Å². The Bertz CT molecular complexity index is 786. The van der Waals surface area contributed by atoms with E-state index in [1.54, 1.807) is 18.2 Å². The molecule has 8 heteroatoms. The van der Waals surface area contributed by atoms with Gasteiger partial charge in [-0.05, 0) is 31.9 Å². The number of carbonyl (C=O) groups is 2. The van der Waals surface area contributed by atoms with Gasteiger partial charge in [0.25, 0.3) is 5.91 Å². The number of carbonyl (C=O) groups excluding carboxylic acids is 1. The molecule has 0 aliphatic rings. The molecule has 2 aromatic rings. The van der Waals surface area contributed by atoms with Crippen molar-refractivity contribution in [3.63, 3.8) is 0 Å². The van der Waals surface area contributed by atoms with Gasteiger partial charge < -0.3 is 14.6 Å². The maximum absolute atomic E-state index is 12.5. The minimum atomic E-state index is -1.08. The van der Waals surface area contributed by atoms with Crippen LogP contribution in [0.4, 0.5) is 5.13 Å². The van der Waals surface area contributed by atoms with Gasteiger partial charge in [-0.2, -0.15) is 0 Å². The lowest BCUT2D eigenvalue weighted by atomic mass is 10.2. The third kappa shape index (κ3) is 5.73. The summed E-state index contributed by atoms with van der Waals surface area (Å²) in [6, 6.07) is 4.98. The van der Waals surface area contributed by atoms with Crippen molar-refractivity contribution in [3.8, 4) is 11.5 Å². The fraction of sp³-hybridized carbons (Fsp3) is 0.389. The molecule has 0 atom stereocenters. The number of thiazole rings is 1. The second-order valence-electron chi connectivity index (χ2n) is 6.35. The lowest BCUT2D eigenvalue weighted by Gasteiger charge is -2.15. The molecule has 1 amide bonds. The van der Waals surface area contributed by atoms with Crippen LogP contribution in [-0.2, 0) is 0 Å². The number of ether oxygens (including phenoxy) is 2. The third-order valence-corrected chi connectivity index (χ3v) is 3.94. The summed E-state index contributed by atoms with van der Waals surface area (Å²) in [5.41, 5.74) is 0.342. The van der Waals surface area contributed by atoms with E-state index in [-0.39, 0.29) is 16.1 Å². The first kappa shape index (κ1) is 19.7. The minimum absolute atomic E-state index is 0.0525. The minimum Gasteiger partial charge on any atom is -0.493 e. The number of nitrogens with one attached hydrogen (secondary N) is 1. The number of aromatic nitrogens is 1. The van der Waals surface area contributed by atoms with Crippen LogP contribution in [-0.4, -0.2) is 34.7 Å². The zero-order chi connectivity index (χ0) is 19.3. The summed E-state index contributed by atoms with van der Waals surface area (Å²) in [7, 11) is 0. The summed E-state index contributed by atoms with van der Waals surface area (Å²) in [5.74, 6) is -0.101. The molecule has 2 rings (SSSR count). The Hall–Kier alpha value is -2.61. The Labute approximate surface area is 156 Å². The molecule has 0 saturated heterocycles. The van der Waals surface area contributed by atoms with Gasteiger partial charge >= 0.3 is 5.97 Å². The number of carboxylic acids is 1. The van der Waals surface area contributed by atoms with Gasteiger partial charge in [-0.25, -0.2) is 9.78 Å². The van der Waals surface area contributed by atoms with Crippen molar-refractivity contribution in [2.75, 3.05) is 11.9 Å². The van der Waals surface area contributed by atoms with Gasteiger partial charge in [-0.3, -0.25) is 10.1 Å². The number of carboxylic acid groups (broad SMARTS) is 1. The predicted octanol–water partition coefficient (Wildman–Crippen LogP) is 3.92. The van der Waals surface area contributed by atoms with Crippen molar-refractivity contribution in [1.29, 1.82) is 0 Å². The Morgan fingerprint density at radius 2 is 1.88 bits per heavy atom. The number of nitrogens with zero attached hydrogens (tertiary/aromatic N) is 1. The largest absolute Gasteiger partial charge is 0.493 e. The molecule has 1 aromatic heterocycles. The molecular formula is C18H22N2O5S. The summed E-state index contributed by atoms with van der Waals surface area (Å²) in [6.07, 6.45) is 1.15. The van der Waals surface area contributed by atoms with Crippen LogP contribution < -0.4 is 14.8 Å². The highest BCUT2D eigenvalue weighted by molar-refractivity contribution is 7.17. The monoisotopic (exact) mass is 378 g/mol. The van der Waals surface area contributed by atoms with Gasteiger partial charge in [0.15, 0.2) is 5.13 Å². The molecule has 1 heterocycles. The normalized spacial score (nSPS) is 10.8. The SMILES string of the molecule is CC(C)COc1cc(OC(C)C)cc(C(=O)Nc2ncc(C(=O)O)s2)c1. The fourth-order valence-electron chi connectivity index (χ4n) is 1.99. The Balaban J connectivity index is 2.22. The molecular weight excluding hydrogens is 356 g/mol. The smallest absolute Gasteiger partial charge is 0.347 e. The molecule has 7 nitrogen and oxygen atoms in total. The molecule has 0 radical (unpaired) electrons.